The maximum atomic E-state index is 10.8. The van der Waals surface area contributed by atoms with Crippen LogP contribution in [0.4, 0.5) is 22.2 Å². The van der Waals surface area contributed by atoms with Crippen LogP contribution in [0.1, 0.15) is 35.6 Å². The average Bonchev–Trinajstić information content (AvgIpc) is 3.16. The van der Waals surface area contributed by atoms with Crippen molar-refractivity contribution in [2.45, 2.75) is 35.2 Å². The number of fused-ring (bicyclic) bond motifs is 1. The molecule has 1 saturated heterocycles. The van der Waals surface area contributed by atoms with Crippen LogP contribution in [0.25, 0.3) is 0 Å². The number of nitrogen functional groups attached to an aromatic ring is 2. The largest absolute Gasteiger partial charge is 0.382 e. The molecule has 3 heterocycles. The molecule has 0 bridgehead atoms. The molecule has 0 saturated carbocycles. The summed E-state index contributed by atoms with van der Waals surface area (Å²) in [6.45, 7) is 1.82. The highest BCUT2D eigenvalue weighted by Crippen LogP contribution is 2.51. The first-order valence-electron chi connectivity index (χ1n) is 12.1. The smallest absolute Gasteiger partial charge is 0.312 e. The van der Waals surface area contributed by atoms with E-state index in [4.69, 9.17) is 34.5 Å². The molecule has 2 aromatic heterocycles. The van der Waals surface area contributed by atoms with Gasteiger partial charge in [0.2, 0.25) is 0 Å². The predicted molar refractivity (Wildman–Crippen MR) is 150 cm³/mol. The van der Waals surface area contributed by atoms with Gasteiger partial charge in [-0.2, -0.15) is 0 Å². The Bertz CT molecular complexity index is 1450. The van der Waals surface area contributed by atoms with Gasteiger partial charge in [0, 0.05) is 35.8 Å². The molecular weight excluding hydrogens is 522 g/mol. The van der Waals surface area contributed by atoms with Gasteiger partial charge in [0.25, 0.3) is 0 Å². The molecule has 2 amide bonds. The zero-order valence-electron chi connectivity index (χ0n) is 20.6. The number of carbonyl (C=O) groups excluding carboxylic acids is 1. The molecule has 1 aromatic carbocycles. The maximum Gasteiger partial charge on any atom is 0.312 e. The van der Waals surface area contributed by atoms with Gasteiger partial charge in [-0.15, -0.1) is 0 Å². The Kier molecular flexibility index (Phi) is 7.21. The second-order valence-corrected chi connectivity index (χ2v) is 10.9. The van der Waals surface area contributed by atoms with E-state index in [1.807, 2.05) is 6.07 Å². The van der Waals surface area contributed by atoms with Crippen LogP contribution in [-0.4, -0.2) is 40.6 Å². The van der Waals surface area contributed by atoms with E-state index in [0.717, 1.165) is 54.2 Å². The van der Waals surface area contributed by atoms with Crippen LogP contribution in [0.2, 0.25) is 5.02 Å². The maximum absolute atomic E-state index is 10.8. The summed E-state index contributed by atoms with van der Waals surface area (Å²) in [5, 5.41) is 3.40. The first kappa shape index (κ1) is 25.9. The van der Waals surface area contributed by atoms with Crippen molar-refractivity contribution in [3.8, 4) is 11.8 Å². The Balaban J connectivity index is 1.24. The lowest BCUT2D eigenvalue weighted by molar-refractivity contribution is 0.187. The van der Waals surface area contributed by atoms with Crippen molar-refractivity contribution in [1.82, 2.24) is 20.3 Å². The Morgan fingerprint density at radius 1 is 1.21 bits per heavy atom. The van der Waals surface area contributed by atoms with Crippen molar-refractivity contribution in [2.24, 2.45) is 16.9 Å². The van der Waals surface area contributed by atoms with E-state index >= 15 is 0 Å². The summed E-state index contributed by atoms with van der Waals surface area (Å²) in [4.78, 5) is 26.9. The second kappa shape index (κ2) is 10.6. The number of urea groups is 1. The summed E-state index contributed by atoms with van der Waals surface area (Å²) >= 11 is 7.57. The SMILES string of the molecule is NC(=O)NCC#Cc1ccc2c(c1)[C@@H](N)C1(CCN(c3cnc(Sc4ccnc(N)c4Cl)c(N)n3)CC1)C2. The number of amides is 2. The molecule has 1 aliphatic heterocycles. The molecule has 0 unspecified atom stereocenters. The van der Waals surface area contributed by atoms with Crippen LogP contribution in [0.3, 0.4) is 0 Å². The average molecular weight is 550 g/mol. The van der Waals surface area contributed by atoms with E-state index in [-0.39, 0.29) is 23.8 Å². The quantitative estimate of drug-likeness (QED) is 0.306. The summed E-state index contributed by atoms with van der Waals surface area (Å²) in [5.74, 6) is 7.32. The fourth-order valence-electron chi connectivity index (χ4n) is 5.13. The van der Waals surface area contributed by atoms with Crippen LogP contribution in [-0.2, 0) is 6.42 Å². The Morgan fingerprint density at radius 2 is 2.00 bits per heavy atom. The number of pyridine rings is 1. The number of piperidine rings is 1. The predicted octanol–water partition coefficient (Wildman–Crippen LogP) is 2.70. The number of anilines is 3. The normalized spacial score (nSPS) is 17.5. The summed E-state index contributed by atoms with van der Waals surface area (Å²) in [7, 11) is 0. The molecule has 1 aliphatic carbocycles. The minimum atomic E-state index is -0.590. The number of primary amides is 1. The monoisotopic (exact) mass is 549 g/mol. The number of carbonyl (C=O) groups is 1. The Morgan fingerprint density at radius 3 is 2.74 bits per heavy atom. The van der Waals surface area contributed by atoms with Crippen molar-refractivity contribution in [3.63, 3.8) is 0 Å². The summed E-state index contributed by atoms with van der Waals surface area (Å²) < 4.78 is 0. The van der Waals surface area contributed by atoms with Crippen molar-refractivity contribution in [2.75, 3.05) is 36.0 Å². The minimum absolute atomic E-state index is 0.00873. The molecule has 12 heteroatoms. The van der Waals surface area contributed by atoms with Gasteiger partial charge in [-0.05, 0) is 54.0 Å². The van der Waals surface area contributed by atoms with Crippen LogP contribution >= 0.6 is 23.4 Å². The lowest BCUT2D eigenvalue weighted by atomic mass is 9.73. The molecule has 10 nitrogen and oxygen atoms in total. The number of aromatic nitrogens is 3. The van der Waals surface area contributed by atoms with E-state index in [1.165, 1.54) is 17.3 Å². The number of nitrogens with one attached hydrogen (secondary N) is 1. The fraction of sp³-hybridized carbons (Fsp3) is 0.308. The van der Waals surface area contributed by atoms with Crippen molar-refractivity contribution >= 4 is 46.8 Å². The van der Waals surface area contributed by atoms with E-state index in [0.29, 0.717) is 15.9 Å². The molecule has 2 aliphatic rings. The van der Waals surface area contributed by atoms with E-state index in [1.54, 1.807) is 18.5 Å². The van der Waals surface area contributed by atoms with Gasteiger partial charge >= 0.3 is 6.03 Å². The van der Waals surface area contributed by atoms with Gasteiger partial charge in [0.15, 0.2) is 5.82 Å². The molecule has 5 rings (SSSR count). The van der Waals surface area contributed by atoms with E-state index in [2.05, 4.69) is 49.1 Å². The number of rotatable bonds is 4. The van der Waals surface area contributed by atoms with Gasteiger partial charge in [-0.25, -0.2) is 19.7 Å². The third kappa shape index (κ3) is 5.15. The van der Waals surface area contributed by atoms with Gasteiger partial charge in [0.1, 0.15) is 16.7 Å². The number of halogens is 1. The molecule has 196 valence electrons. The lowest BCUT2D eigenvalue weighted by Crippen LogP contribution is -2.44. The standard InChI is InChI=1S/C26H28ClN9OS/c27-20-18(5-9-32-22(20)29)38-24-23(30)35-19(14-34-24)36-10-6-26(7-11-36)13-16-4-3-15(12-17(16)21(26)28)2-1-8-33-25(31)37/h3-5,9,12,14,21H,6-8,10-11,13,28H2,(H2,29,32)(H2,30,35)(H3,31,33,37)/t21-/m1/s1. The molecule has 0 radical (unpaired) electrons. The topological polar surface area (TPSA) is 175 Å². The first-order chi connectivity index (χ1) is 18.3. The number of hydrogen-bond donors (Lipinski definition) is 5. The number of hydrogen-bond acceptors (Lipinski definition) is 9. The number of benzene rings is 1. The molecule has 1 spiro atoms. The van der Waals surface area contributed by atoms with Crippen LogP contribution in [0, 0.1) is 17.3 Å². The second-order valence-electron chi connectivity index (χ2n) is 9.47. The highest BCUT2D eigenvalue weighted by Gasteiger charge is 2.46. The molecular formula is C26H28ClN9OS. The minimum Gasteiger partial charge on any atom is -0.382 e. The first-order valence-corrected chi connectivity index (χ1v) is 13.3. The van der Waals surface area contributed by atoms with Crippen molar-refractivity contribution < 1.29 is 4.79 Å². The van der Waals surface area contributed by atoms with Crippen LogP contribution in [0.15, 0.2) is 46.6 Å². The molecule has 1 atom stereocenters. The van der Waals surface area contributed by atoms with Crippen molar-refractivity contribution in [3.05, 3.63) is 58.4 Å². The number of nitrogens with zero attached hydrogens (tertiary/aromatic N) is 4. The van der Waals surface area contributed by atoms with Gasteiger partial charge in [-0.3, -0.25) is 0 Å². The van der Waals surface area contributed by atoms with Crippen LogP contribution in [0.5, 0.6) is 0 Å². The lowest BCUT2D eigenvalue weighted by Gasteiger charge is -2.42. The van der Waals surface area contributed by atoms with Crippen molar-refractivity contribution in [1.29, 1.82) is 0 Å². The highest BCUT2D eigenvalue weighted by atomic mass is 35.5. The zero-order valence-corrected chi connectivity index (χ0v) is 22.1. The van der Waals surface area contributed by atoms with E-state index in [9.17, 15) is 4.79 Å². The molecule has 38 heavy (non-hydrogen) atoms. The van der Waals surface area contributed by atoms with Gasteiger partial charge < -0.3 is 33.2 Å². The van der Waals surface area contributed by atoms with Gasteiger partial charge in [-0.1, -0.05) is 41.3 Å². The summed E-state index contributed by atoms with van der Waals surface area (Å²) in [6.07, 6.45) is 6.13. The van der Waals surface area contributed by atoms with Crippen LogP contribution < -0.4 is 33.2 Å². The Labute approximate surface area is 229 Å². The molecule has 3 aromatic rings. The summed E-state index contributed by atoms with van der Waals surface area (Å²) in [6, 6.07) is 7.30. The molecule has 1 fully saturated rings. The summed E-state index contributed by atoms with van der Waals surface area (Å²) in [5.41, 5.74) is 27.3. The highest BCUT2D eigenvalue weighted by molar-refractivity contribution is 7.99. The third-order valence-corrected chi connectivity index (χ3v) is 8.77. The molecule has 9 N–H and O–H groups in total. The fourth-order valence-corrected chi connectivity index (χ4v) is 6.14. The third-order valence-electron chi connectivity index (χ3n) is 7.19. The Hall–Kier alpha value is -3.72. The van der Waals surface area contributed by atoms with E-state index < -0.39 is 6.03 Å². The van der Waals surface area contributed by atoms with Gasteiger partial charge in [0.05, 0.1) is 17.8 Å². The zero-order chi connectivity index (χ0) is 26.9. The number of nitrogens with two attached hydrogens (primary N) is 4.